The summed E-state index contributed by atoms with van der Waals surface area (Å²) in [7, 11) is 4.16. The number of carbonyl (C=O) groups excluding carboxylic acids is 1. The average Bonchev–Trinajstić information content (AvgIpc) is 2.80. The summed E-state index contributed by atoms with van der Waals surface area (Å²) >= 11 is 1.84. The number of hydrogen-bond donors (Lipinski definition) is 1. The van der Waals surface area contributed by atoms with Gasteiger partial charge in [-0.2, -0.15) is 11.8 Å². The Kier molecular flexibility index (Phi) is 8.36. The Bertz CT molecular complexity index is 291. The van der Waals surface area contributed by atoms with Crippen LogP contribution in [0.25, 0.3) is 0 Å². The number of likely N-dealkylation sites (tertiary alicyclic amines) is 1. The normalized spacial score (nSPS) is 26.2. The molecule has 0 spiro atoms. The standard InChI is InChI=1S/C13H27N3OS.ClH/c1-6-9(2)12(14)13(17)16-7-10(15(3)4)11(8-16)18-5;/h9-12H,6-8,14H2,1-5H3;1H. The molecule has 1 heterocycles. The van der Waals surface area contributed by atoms with Crippen molar-refractivity contribution in [3.8, 4) is 0 Å². The summed E-state index contributed by atoms with van der Waals surface area (Å²) < 4.78 is 0. The predicted molar refractivity (Wildman–Crippen MR) is 86.0 cm³/mol. The number of nitrogens with zero attached hydrogens (tertiary/aromatic N) is 2. The molecule has 4 nitrogen and oxygen atoms in total. The van der Waals surface area contributed by atoms with E-state index in [2.05, 4.69) is 32.2 Å². The van der Waals surface area contributed by atoms with Crippen molar-refractivity contribution >= 4 is 30.1 Å². The van der Waals surface area contributed by atoms with Gasteiger partial charge in [0, 0.05) is 24.4 Å². The lowest BCUT2D eigenvalue weighted by molar-refractivity contribution is -0.132. The second-order valence-electron chi connectivity index (χ2n) is 5.46. The smallest absolute Gasteiger partial charge is 0.239 e. The molecule has 4 unspecified atom stereocenters. The van der Waals surface area contributed by atoms with Gasteiger partial charge in [-0.15, -0.1) is 12.4 Å². The van der Waals surface area contributed by atoms with Crippen LogP contribution in [0, 0.1) is 5.92 Å². The average molecular weight is 310 g/mol. The van der Waals surface area contributed by atoms with Gasteiger partial charge in [-0.05, 0) is 26.3 Å². The summed E-state index contributed by atoms with van der Waals surface area (Å²) in [6.07, 6.45) is 3.06. The molecular weight excluding hydrogens is 282 g/mol. The lowest BCUT2D eigenvalue weighted by atomic mass is 9.99. The highest BCUT2D eigenvalue weighted by atomic mass is 35.5. The zero-order valence-corrected chi connectivity index (χ0v) is 14.3. The van der Waals surface area contributed by atoms with Gasteiger partial charge in [0.25, 0.3) is 0 Å². The van der Waals surface area contributed by atoms with Gasteiger partial charge >= 0.3 is 0 Å². The first-order valence-corrected chi connectivity index (χ1v) is 7.94. The van der Waals surface area contributed by atoms with Crippen LogP contribution in [-0.4, -0.2) is 66.5 Å². The summed E-state index contributed by atoms with van der Waals surface area (Å²) in [4.78, 5) is 16.5. The number of amides is 1. The van der Waals surface area contributed by atoms with E-state index in [9.17, 15) is 4.79 Å². The van der Waals surface area contributed by atoms with Crippen LogP contribution in [0.4, 0.5) is 0 Å². The third kappa shape index (κ3) is 4.52. The fraction of sp³-hybridized carbons (Fsp3) is 0.923. The van der Waals surface area contributed by atoms with E-state index in [-0.39, 0.29) is 30.3 Å². The van der Waals surface area contributed by atoms with Crippen LogP contribution < -0.4 is 5.73 Å². The van der Waals surface area contributed by atoms with Gasteiger partial charge < -0.3 is 15.5 Å². The molecule has 0 radical (unpaired) electrons. The highest BCUT2D eigenvalue weighted by molar-refractivity contribution is 7.99. The van der Waals surface area contributed by atoms with Crippen molar-refractivity contribution in [1.29, 1.82) is 0 Å². The number of hydrogen-bond acceptors (Lipinski definition) is 4. The maximum absolute atomic E-state index is 12.3. The number of rotatable bonds is 5. The first kappa shape index (κ1) is 19.0. The SMILES string of the molecule is CCC(C)C(N)C(=O)N1CC(SC)C(N(C)C)C1.Cl. The Labute approximate surface area is 127 Å². The van der Waals surface area contributed by atoms with E-state index in [1.807, 2.05) is 23.6 Å². The molecule has 4 atom stereocenters. The van der Waals surface area contributed by atoms with Crippen LogP contribution in [0.2, 0.25) is 0 Å². The predicted octanol–water partition coefficient (Wildman–Crippen LogP) is 1.29. The van der Waals surface area contributed by atoms with Gasteiger partial charge in [0.2, 0.25) is 5.91 Å². The van der Waals surface area contributed by atoms with Crippen molar-refractivity contribution in [3.63, 3.8) is 0 Å². The van der Waals surface area contributed by atoms with Crippen LogP contribution in [0.5, 0.6) is 0 Å². The third-order valence-corrected chi connectivity index (χ3v) is 5.13. The minimum atomic E-state index is -0.349. The molecule has 0 aromatic carbocycles. The van der Waals surface area contributed by atoms with Gasteiger partial charge in [0.1, 0.15) is 0 Å². The molecule has 0 saturated carbocycles. The molecule has 2 N–H and O–H groups in total. The Morgan fingerprint density at radius 2 is 2.05 bits per heavy atom. The monoisotopic (exact) mass is 309 g/mol. The molecule has 0 bridgehead atoms. The maximum atomic E-state index is 12.3. The van der Waals surface area contributed by atoms with E-state index in [1.165, 1.54) is 0 Å². The lowest BCUT2D eigenvalue weighted by Gasteiger charge is -2.25. The molecule has 1 fully saturated rings. The van der Waals surface area contributed by atoms with Crippen molar-refractivity contribution in [2.75, 3.05) is 33.4 Å². The third-order valence-electron chi connectivity index (χ3n) is 4.06. The van der Waals surface area contributed by atoms with E-state index in [0.29, 0.717) is 11.3 Å². The van der Waals surface area contributed by atoms with E-state index in [4.69, 9.17) is 5.73 Å². The fourth-order valence-corrected chi connectivity index (χ4v) is 3.35. The van der Waals surface area contributed by atoms with Crippen LogP contribution in [0.1, 0.15) is 20.3 Å². The minimum absolute atomic E-state index is 0. The molecule has 0 aromatic heterocycles. The molecule has 6 heteroatoms. The van der Waals surface area contributed by atoms with Gasteiger partial charge in [-0.25, -0.2) is 0 Å². The van der Waals surface area contributed by atoms with E-state index >= 15 is 0 Å². The topological polar surface area (TPSA) is 49.6 Å². The molecule has 1 rings (SSSR count). The molecule has 1 aliphatic rings. The molecule has 0 aliphatic carbocycles. The number of carbonyl (C=O) groups is 1. The zero-order chi connectivity index (χ0) is 13.9. The summed E-state index contributed by atoms with van der Waals surface area (Å²) in [5, 5.41) is 0.494. The summed E-state index contributed by atoms with van der Waals surface area (Å²) in [6, 6.07) is 0.0894. The van der Waals surface area contributed by atoms with Gasteiger partial charge in [0.15, 0.2) is 0 Å². The summed E-state index contributed by atoms with van der Waals surface area (Å²) in [5.41, 5.74) is 6.05. The molecule has 1 saturated heterocycles. The summed E-state index contributed by atoms with van der Waals surface area (Å²) in [5.74, 6) is 0.372. The maximum Gasteiger partial charge on any atom is 0.239 e. The first-order chi connectivity index (χ1) is 8.42. The highest BCUT2D eigenvalue weighted by Crippen LogP contribution is 2.25. The zero-order valence-electron chi connectivity index (χ0n) is 12.6. The van der Waals surface area contributed by atoms with Crippen LogP contribution in [0.3, 0.4) is 0 Å². The van der Waals surface area contributed by atoms with Gasteiger partial charge in [-0.3, -0.25) is 4.79 Å². The molecule has 19 heavy (non-hydrogen) atoms. The Balaban J connectivity index is 0.00000324. The van der Waals surface area contributed by atoms with Crippen LogP contribution >= 0.6 is 24.2 Å². The van der Waals surface area contributed by atoms with E-state index in [1.54, 1.807) is 0 Å². The molecule has 0 aromatic rings. The Hall–Kier alpha value is 0.0300. The highest BCUT2D eigenvalue weighted by Gasteiger charge is 2.38. The van der Waals surface area contributed by atoms with Gasteiger partial charge in [-0.1, -0.05) is 20.3 Å². The Morgan fingerprint density at radius 3 is 2.42 bits per heavy atom. The number of nitrogens with two attached hydrogens (primary N) is 1. The van der Waals surface area contributed by atoms with Crippen molar-refractivity contribution in [2.24, 2.45) is 11.7 Å². The molecule has 1 amide bonds. The van der Waals surface area contributed by atoms with Crippen molar-refractivity contribution in [3.05, 3.63) is 0 Å². The van der Waals surface area contributed by atoms with Crippen molar-refractivity contribution in [2.45, 2.75) is 37.6 Å². The quantitative estimate of drug-likeness (QED) is 0.831. The number of likely N-dealkylation sites (N-methyl/N-ethyl adjacent to an activating group) is 1. The largest absolute Gasteiger partial charge is 0.339 e. The molecular formula is C13H28ClN3OS. The summed E-state index contributed by atoms with van der Waals surface area (Å²) in [6.45, 7) is 5.76. The van der Waals surface area contributed by atoms with Crippen LogP contribution in [-0.2, 0) is 4.79 Å². The number of halogens is 1. The second-order valence-corrected chi connectivity index (χ2v) is 6.54. The van der Waals surface area contributed by atoms with Crippen molar-refractivity contribution < 1.29 is 4.79 Å². The van der Waals surface area contributed by atoms with Crippen LogP contribution in [0.15, 0.2) is 0 Å². The van der Waals surface area contributed by atoms with Gasteiger partial charge in [0.05, 0.1) is 6.04 Å². The fourth-order valence-electron chi connectivity index (χ4n) is 2.37. The lowest BCUT2D eigenvalue weighted by Crippen LogP contribution is -2.47. The first-order valence-electron chi connectivity index (χ1n) is 6.65. The molecule has 114 valence electrons. The van der Waals surface area contributed by atoms with Crippen molar-refractivity contribution in [1.82, 2.24) is 9.80 Å². The second kappa shape index (κ2) is 8.35. The van der Waals surface area contributed by atoms with E-state index in [0.717, 1.165) is 19.5 Å². The molecule has 1 aliphatic heterocycles. The number of thioether (sulfide) groups is 1. The minimum Gasteiger partial charge on any atom is -0.339 e. The van der Waals surface area contributed by atoms with E-state index < -0.39 is 0 Å². The Morgan fingerprint density at radius 1 is 1.47 bits per heavy atom.